The highest BCUT2D eigenvalue weighted by Gasteiger charge is 2.29. The van der Waals surface area contributed by atoms with E-state index in [1.807, 2.05) is 13.0 Å². The average Bonchev–Trinajstić information content (AvgIpc) is 2.79. The molecule has 7 heteroatoms. The molecule has 5 nitrogen and oxygen atoms in total. The Morgan fingerprint density at radius 1 is 1.48 bits per heavy atom. The molecule has 1 unspecified atom stereocenters. The van der Waals surface area contributed by atoms with Crippen molar-refractivity contribution in [3.05, 3.63) is 17.0 Å². The average molecular weight is 332 g/mol. The number of nitrogens with zero attached hydrogens (tertiary/aromatic N) is 1. The number of hydrogen-bond donors (Lipinski definition) is 1. The van der Waals surface area contributed by atoms with Gasteiger partial charge in [-0.1, -0.05) is 13.8 Å². The highest BCUT2D eigenvalue weighted by molar-refractivity contribution is 7.91. The SMILES string of the molecule is CC(C)NCc1ccc(S(=O)(=O)N2CCCOC(C)C2)s1. The summed E-state index contributed by atoms with van der Waals surface area (Å²) in [6, 6.07) is 3.99. The van der Waals surface area contributed by atoms with Crippen LogP contribution >= 0.6 is 11.3 Å². The number of sulfonamides is 1. The minimum atomic E-state index is -3.39. The van der Waals surface area contributed by atoms with E-state index in [-0.39, 0.29) is 6.10 Å². The lowest BCUT2D eigenvalue weighted by Crippen LogP contribution is -2.35. The molecule has 1 aromatic rings. The minimum absolute atomic E-state index is 0.0516. The first-order valence-corrected chi connectivity index (χ1v) is 9.59. The van der Waals surface area contributed by atoms with Gasteiger partial charge in [-0.15, -0.1) is 11.3 Å². The van der Waals surface area contributed by atoms with Crippen LogP contribution in [0.25, 0.3) is 0 Å². The molecule has 1 aliphatic heterocycles. The van der Waals surface area contributed by atoms with Crippen molar-refractivity contribution < 1.29 is 13.2 Å². The third kappa shape index (κ3) is 4.50. The van der Waals surface area contributed by atoms with E-state index in [1.54, 1.807) is 10.4 Å². The van der Waals surface area contributed by atoms with E-state index in [4.69, 9.17) is 4.74 Å². The predicted octanol–water partition coefficient (Wildman–Crippen LogP) is 2.05. The molecular weight excluding hydrogens is 308 g/mol. The minimum Gasteiger partial charge on any atom is -0.377 e. The summed E-state index contributed by atoms with van der Waals surface area (Å²) in [4.78, 5) is 1.04. The van der Waals surface area contributed by atoms with Crippen LogP contribution in [-0.2, 0) is 21.3 Å². The zero-order valence-electron chi connectivity index (χ0n) is 12.8. The molecular formula is C14H24N2O3S2. The fourth-order valence-corrected chi connectivity index (χ4v) is 5.21. The molecule has 0 radical (unpaired) electrons. The van der Waals surface area contributed by atoms with Crippen molar-refractivity contribution in [2.24, 2.45) is 0 Å². The van der Waals surface area contributed by atoms with Gasteiger partial charge in [0.2, 0.25) is 0 Å². The lowest BCUT2D eigenvalue weighted by Gasteiger charge is -2.20. The normalized spacial score (nSPS) is 21.6. The lowest BCUT2D eigenvalue weighted by atomic mass is 10.4. The molecule has 1 atom stereocenters. The van der Waals surface area contributed by atoms with Crippen molar-refractivity contribution in [1.82, 2.24) is 9.62 Å². The molecule has 0 aliphatic carbocycles. The maximum atomic E-state index is 12.7. The fraction of sp³-hybridized carbons (Fsp3) is 0.714. The first kappa shape index (κ1) is 16.9. The molecule has 0 amide bonds. The van der Waals surface area contributed by atoms with E-state index in [2.05, 4.69) is 19.2 Å². The van der Waals surface area contributed by atoms with Crippen LogP contribution in [0.4, 0.5) is 0 Å². The zero-order valence-corrected chi connectivity index (χ0v) is 14.5. The molecule has 1 N–H and O–H groups in total. The summed E-state index contributed by atoms with van der Waals surface area (Å²) in [6.45, 7) is 8.36. The van der Waals surface area contributed by atoms with Crippen molar-refractivity contribution in [2.45, 2.75) is 50.1 Å². The van der Waals surface area contributed by atoms with E-state index >= 15 is 0 Å². The number of rotatable bonds is 5. The molecule has 0 bridgehead atoms. The van der Waals surface area contributed by atoms with Crippen molar-refractivity contribution in [1.29, 1.82) is 0 Å². The van der Waals surface area contributed by atoms with Crippen LogP contribution in [0.1, 0.15) is 32.1 Å². The standard InChI is InChI=1S/C14H24N2O3S2/c1-11(2)15-9-13-5-6-14(20-13)21(17,18)16-7-4-8-19-12(3)10-16/h5-6,11-12,15H,4,7-10H2,1-3H3. The zero-order chi connectivity index (χ0) is 15.5. The summed E-state index contributed by atoms with van der Waals surface area (Å²) in [5, 5.41) is 3.31. The van der Waals surface area contributed by atoms with Crippen LogP contribution in [-0.4, -0.2) is 44.6 Å². The van der Waals surface area contributed by atoms with Gasteiger partial charge in [0.25, 0.3) is 10.0 Å². The highest BCUT2D eigenvalue weighted by Crippen LogP contribution is 2.26. The second kappa shape index (κ2) is 7.19. The Bertz CT molecular complexity index is 554. The number of ether oxygens (including phenoxy) is 1. The lowest BCUT2D eigenvalue weighted by molar-refractivity contribution is 0.0752. The van der Waals surface area contributed by atoms with Gasteiger partial charge < -0.3 is 10.1 Å². The van der Waals surface area contributed by atoms with Crippen LogP contribution in [0.15, 0.2) is 16.3 Å². The topological polar surface area (TPSA) is 58.6 Å². The largest absolute Gasteiger partial charge is 0.377 e. The van der Waals surface area contributed by atoms with Crippen molar-refractivity contribution in [3.8, 4) is 0 Å². The van der Waals surface area contributed by atoms with Gasteiger partial charge in [-0.2, -0.15) is 4.31 Å². The van der Waals surface area contributed by atoms with Gasteiger partial charge in [-0.25, -0.2) is 8.42 Å². The Balaban J connectivity index is 2.11. The summed E-state index contributed by atoms with van der Waals surface area (Å²) in [6.07, 6.45) is 0.695. The second-order valence-electron chi connectivity index (χ2n) is 5.65. The third-order valence-electron chi connectivity index (χ3n) is 3.33. The molecule has 120 valence electrons. The predicted molar refractivity (Wildman–Crippen MR) is 85.1 cm³/mol. The second-order valence-corrected chi connectivity index (χ2v) is 8.99. The molecule has 0 saturated carbocycles. The van der Waals surface area contributed by atoms with Gasteiger partial charge >= 0.3 is 0 Å². The van der Waals surface area contributed by atoms with Crippen LogP contribution < -0.4 is 5.32 Å². The fourth-order valence-electron chi connectivity index (χ4n) is 2.20. The molecule has 1 saturated heterocycles. The van der Waals surface area contributed by atoms with Crippen molar-refractivity contribution in [2.75, 3.05) is 19.7 Å². The van der Waals surface area contributed by atoms with Gasteiger partial charge in [-0.05, 0) is 25.5 Å². The van der Waals surface area contributed by atoms with E-state index in [1.165, 1.54) is 11.3 Å². The van der Waals surface area contributed by atoms with E-state index < -0.39 is 10.0 Å². The summed E-state index contributed by atoms with van der Waals surface area (Å²) in [5.74, 6) is 0. The first-order valence-electron chi connectivity index (χ1n) is 7.33. The monoisotopic (exact) mass is 332 g/mol. The number of thiophene rings is 1. The Kier molecular flexibility index (Phi) is 5.79. The summed E-state index contributed by atoms with van der Waals surface area (Å²) in [7, 11) is -3.39. The van der Waals surface area contributed by atoms with Gasteiger partial charge in [0, 0.05) is 37.2 Å². The Hall–Kier alpha value is -0.470. The van der Waals surface area contributed by atoms with Crippen molar-refractivity contribution in [3.63, 3.8) is 0 Å². The summed E-state index contributed by atoms with van der Waals surface area (Å²) >= 11 is 1.35. The maximum absolute atomic E-state index is 12.7. The molecule has 0 spiro atoms. The third-order valence-corrected chi connectivity index (χ3v) is 6.75. The Morgan fingerprint density at radius 3 is 2.95 bits per heavy atom. The summed E-state index contributed by atoms with van der Waals surface area (Å²) in [5.41, 5.74) is 0. The van der Waals surface area contributed by atoms with E-state index in [0.29, 0.717) is 36.5 Å². The number of nitrogens with one attached hydrogen (secondary N) is 1. The van der Waals surface area contributed by atoms with Crippen LogP contribution in [0.3, 0.4) is 0 Å². The first-order chi connectivity index (χ1) is 9.89. The Morgan fingerprint density at radius 2 is 2.24 bits per heavy atom. The maximum Gasteiger partial charge on any atom is 0.252 e. The highest BCUT2D eigenvalue weighted by atomic mass is 32.2. The van der Waals surface area contributed by atoms with Gasteiger partial charge in [0.1, 0.15) is 4.21 Å². The summed E-state index contributed by atoms with van der Waals surface area (Å²) < 4.78 is 32.9. The smallest absolute Gasteiger partial charge is 0.252 e. The van der Waals surface area contributed by atoms with E-state index in [9.17, 15) is 8.42 Å². The molecule has 2 rings (SSSR count). The van der Waals surface area contributed by atoms with Crippen LogP contribution in [0.2, 0.25) is 0 Å². The van der Waals surface area contributed by atoms with Crippen LogP contribution in [0, 0.1) is 0 Å². The van der Waals surface area contributed by atoms with Gasteiger partial charge in [0.05, 0.1) is 6.10 Å². The molecule has 1 fully saturated rings. The number of hydrogen-bond acceptors (Lipinski definition) is 5. The Labute approximate surface area is 131 Å². The molecule has 1 aliphatic rings. The van der Waals surface area contributed by atoms with E-state index in [0.717, 1.165) is 11.3 Å². The van der Waals surface area contributed by atoms with Crippen molar-refractivity contribution >= 4 is 21.4 Å². The van der Waals surface area contributed by atoms with Gasteiger partial charge in [-0.3, -0.25) is 0 Å². The molecule has 0 aromatic carbocycles. The quantitative estimate of drug-likeness (QED) is 0.896. The molecule has 21 heavy (non-hydrogen) atoms. The van der Waals surface area contributed by atoms with Gasteiger partial charge in [0.15, 0.2) is 0 Å². The molecule has 2 heterocycles. The van der Waals surface area contributed by atoms with Crippen LogP contribution in [0.5, 0.6) is 0 Å². The molecule has 1 aromatic heterocycles.